The molecule has 3 aromatic carbocycles. The lowest BCUT2D eigenvalue weighted by Crippen LogP contribution is -2.52. The van der Waals surface area contributed by atoms with E-state index in [9.17, 15) is 14.0 Å². The number of halogens is 2. The van der Waals surface area contributed by atoms with Gasteiger partial charge in [0.15, 0.2) is 0 Å². The Balaban J connectivity index is 1.58. The normalized spacial score (nSPS) is 14.3. The first-order valence-corrected chi connectivity index (χ1v) is 14.6. The lowest BCUT2D eigenvalue weighted by molar-refractivity contribution is -0.139. The molecule has 1 atom stereocenters. The maximum atomic E-state index is 14.3. The van der Waals surface area contributed by atoms with Crippen LogP contribution in [0, 0.1) is 12.7 Å². The van der Waals surface area contributed by atoms with E-state index in [1.54, 1.807) is 17.0 Å². The van der Waals surface area contributed by atoms with Gasteiger partial charge in [0.1, 0.15) is 11.9 Å². The highest BCUT2D eigenvalue weighted by atomic mass is 35.5. The lowest BCUT2D eigenvalue weighted by atomic mass is 10.0. The Bertz CT molecular complexity index is 1210. The molecule has 1 saturated carbocycles. The first-order valence-electron chi connectivity index (χ1n) is 13.1. The largest absolute Gasteiger partial charge is 0.352 e. The van der Waals surface area contributed by atoms with Crippen LogP contribution >= 0.6 is 23.4 Å². The first kappa shape index (κ1) is 28.2. The molecule has 1 aliphatic carbocycles. The number of aryl methyl sites for hydroxylation is 1. The van der Waals surface area contributed by atoms with Crippen molar-refractivity contribution >= 4 is 35.2 Å². The molecule has 0 bridgehead atoms. The quantitative estimate of drug-likeness (QED) is 0.287. The van der Waals surface area contributed by atoms with Crippen molar-refractivity contribution in [1.29, 1.82) is 0 Å². The van der Waals surface area contributed by atoms with Crippen LogP contribution in [-0.4, -0.2) is 34.6 Å². The van der Waals surface area contributed by atoms with Gasteiger partial charge in [-0.15, -0.1) is 11.8 Å². The van der Waals surface area contributed by atoms with Crippen LogP contribution in [-0.2, 0) is 28.3 Å². The fourth-order valence-corrected chi connectivity index (χ4v) is 6.17. The third-order valence-corrected chi connectivity index (χ3v) is 8.24. The molecule has 38 heavy (non-hydrogen) atoms. The average Bonchev–Trinajstić information content (AvgIpc) is 3.41. The van der Waals surface area contributed by atoms with E-state index in [1.165, 1.54) is 17.8 Å². The summed E-state index contributed by atoms with van der Waals surface area (Å²) in [7, 11) is 0. The monoisotopic (exact) mass is 552 g/mol. The van der Waals surface area contributed by atoms with Gasteiger partial charge in [0.2, 0.25) is 11.8 Å². The summed E-state index contributed by atoms with van der Waals surface area (Å²) >= 11 is 7.50. The third-order valence-electron chi connectivity index (χ3n) is 6.94. The Labute approximate surface area is 234 Å². The molecule has 1 N–H and O–H groups in total. The molecular weight excluding hydrogens is 519 g/mol. The lowest BCUT2D eigenvalue weighted by Gasteiger charge is -2.32. The number of benzene rings is 3. The second-order valence-corrected chi connectivity index (χ2v) is 11.3. The van der Waals surface area contributed by atoms with E-state index < -0.39 is 6.04 Å². The maximum Gasteiger partial charge on any atom is 0.243 e. The maximum absolute atomic E-state index is 14.3. The zero-order chi connectivity index (χ0) is 26.9. The summed E-state index contributed by atoms with van der Waals surface area (Å²) in [4.78, 5) is 29.2. The number of hydrogen-bond acceptors (Lipinski definition) is 3. The Morgan fingerprint density at radius 3 is 2.45 bits per heavy atom. The molecule has 200 valence electrons. The molecule has 4 rings (SSSR count). The second-order valence-electron chi connectivity index (χ2n) is 9.90. The molecule has 7 heteroatoms. The van der Waals surface area contributed by atoms with Crippen LogP contribution in [0.15, 0.2) is 72.8 Å². The van der Waals surface area contributed by atoms with Crippen LogP contribution in [0.3, 0.4) is 0 Å². The second kappa shape index (κ2) is 13.8. The van der Waals surface area contributed by atoms with Gasteiger partial charge < -0.3 is 10.2 Å². The first-order chi connectivity index (χ1) is 18.4. The summed E-state index contributed by atoms with van der Waals surface area (Å²) in [6, 6.07) is 21.9. The van der Waals surface area contributed by atoms with E-state index in [0.717, 1.165) is 42.4 Å². The number of amides is 2. The Morgan fingerprint density at radius 2 is 1.74 bits per heavy atom. The van der Waals surface area contributed by atoms with Gasteiger partial charge in [-0.2, -0.15) is 0 Å². The van der Waals surface area contributed by atoms with Crippen molar-refractivity contribution in [1.82, 2.24) is 10.2 Å². The summed E-state index contributed by atoms with van der Waals surface area (Å²) in [6.07, 6.45) is 4.56. The molecule has 0 spiro atoms. The molecular formula is C31H34ClFN2O2S. The van der Waals surface area contributed by atoms with Gasteiger partial charge >= 0.3 is 0 Å². The molecule has 1 aliphatic rings. The minimum atomic E-state index is -0.663. The predicted octanol–water partition coefficient (Wildman–Crippen LogP) is 6.72. The van der Waals surface area contributed by atoms with E-state index >= 15 is 0 Å². The van der Waals surface area contributed by atoms with Gasteiger partial charge in [0.25, 0.3) is 0 Å². The van der Waals surface area contributed by atoms with Gasteiger partial charge in [-0.1, -0.05) is 90.7 Å². The molecule has 0 saturated heterocycles. The van der Waals surface area contributed by atoms with Crippen molar-refractivity contribution < 1.29 is 14.0 Å². The Kier molecular flexibility index (Phi) is 10.2. The number of thioether (sulfide) groups is 1. The number of carbonyl (C=O) groups excluding carboxylic acids is 2. The zero-order valence-corrected chi connectivity index (χ0v) is 23.2. The molecule has 0 unspecified atom stereocenters. The zero-order valence-electron chi connectivity index (χ0n) is 21.7. The minimum Gasteiger partial charge on any atom is -0.352 e. The van der Waals surface area contributed by atoms with Crippen LogP contribution in [0.1, 0.15) is 47.9 Å². The molecule has 0 heterocycles. The van der Waals surface area contributed by atoms with Crippen LogP contribution < -0.4 is 5.32 Å². The van der Waals surface area contributed by atoms with E-state index in [2.05, 4.69) is 5.32 Å². The van der Waals surface area contributed by atoms with Crippen molar-refractivity contribution in [2.24, 2.45) is 0 Å². The van der Waals surface area contributed by atoms with Crippen molar-refractivity contribution in [2.45, 2.75) is 63.4 Å². The molecule has 3 aromatic rings. The molecule has 0 radical (unpaired) electrons. The van der Waals surface area contributed by atoms with Crippen LogP contribution in [0.4, 0.5) is 4.39 Å². The fourth-order valence-electron chi connectivity index (χ4n) is 4.92. The summed E-state index contributed by atoms with van der Waals surface area (Å²) in [6.45, 7) is 2.33. The number of nitrogens with zero attached hydrogens (tertiary/aromatic N) is 1. The highest BCUT2D eigenvalue weighted by Crippen LogP contribution is 2.25. The van der Waals surface area contributed by atoms with Crippen LogP contribution in [0.5, 0.6) is 0 Å². The topological polar surface area (TPSA) is 49.4 Å². The highest BCUT2D eigenvalue weighted by molar-refractivity contribution is 7.99. The van der Waals surface area contributed by atoms with Crippen LogP contribution in [0.25, 0.3) is 0 Å². The predicted molar refractivity (Wildman–Crippen MR) is 154 cm³/mol. The van der Waals surface area contributed by atoms with Gasteiger partial charge in [-0.3, -0.25) is 9.59 Å². The number of hydrogen-bond donors (Lipinski definition) is 1. The third kappa shape index (κ3) is 7.84. The molecule has 0 aliphatic heterocycles. The standard InChI is InChI=1S/C31H34ClFN2O2S/c1-22-9-7-12-24(17-22)19-35(30(36)21-38-20-26-27(32)15-8-16-28(26)33)29(18-23-10-3-2-4-11-23)31(37)34-25-13-5-6-14-25/h2-4,7-12,15-17,25,29H,5-6,13-14,18-21H2,1H3,(H,34,37)/t29-/m0/s1. The van der Waals surface area contributed by atoms with Crippen molar-refractivity contribution in [3.63, 3.8) is 0 Å². The van der Waals surface area contributed by atoms with E-state index in [-0.39, 0.29) is 35.2 Å². The number of carbonyl (C=O) groups is 2. The summed E-state index contributed by atoms with van der Waals surface area (Å²) < 4.78 is 14.3. The smallest absolute Gasteiger partial charge is 0.243 e. The van der Waals surface area contributed by atoms with Crippen molar-refractivity contribution in [3.8, 4) is 0 Å². The SMILES string of the molecule is Cc1cccc(CN(C(=O)CSCc2c(F)cccc2Cl)[C@@H](Cc2ccccc2)C(=O)NC2CCCC2)c1. The molecule has 1 fully saturated rings. The van der Waals surface area contributed by atoms with Gasteiger partial charge in [0.05, 0.1) is 5.75 Å². The highest BCUT2D eigenvalue weighted by Gasteiger charge is 2.32. The molecule has 4 nitrogen and oxygen atoms in total. The summed E-state index contributed by atoms with van der Waals surface area (Å²) in [5.74, 6) is -0.284. The number of rotatable bonds is 11. The minimum absolute atomic E-state index is 0.110. The van der Waals surface area contributed by atoms with Gasteiger partial charge in [-0.25, -0.2) is 4.39 Å². The van der Waals surface area contributed by atoms with E-state index in [1.807, 2.05) is 61.5 Å². The Morgan fingerprint density at radius 1 is 1.03 bits per heavy atom. The Hall–Kier alpha value is -2.83. The van der Waals surface area contributed by atoms with Crippen molar-refractivity contribution in [3.05, 3.63) is 106 Å². The fraction of sp³-hybridized carbons (Fsp3) is 0.355. The van der Waals surface area contributed by atoms with E-state index in [0.29, 0.717) is 23.6 Å². The number of nitrogens with one attached hydrogen (secondary N) is 1. The van der Waals surface area contributed by atoms with Crippen molar-refractivity contribution in [2.75, 3.05) is 5.75 Å². The average molecular weight is 553 g/mol. The molecule has 0 aromatic heterocycles. The van der Waals surface area contributed by atoms with E-state index in [4.69, 9.17) is 11.6 Å². The van der Waals surface area contributed by atoms with Gasteiger partial charge in [-0.05, 0) is 43.0 Å². The van der Waals surface area contributed by atoms with Crippen LogP contribution in [0.2, 0.25) is 5.02 Å². The molecule has 2 amide bonds. The summed E-state index contributed by atoms with van der Waals surface area (Å²) in [5.41, 5.74) is 3.43. The van der Waals surface area contributed by atoms with Gasteiger partial charge in [0, 0.05) is 35.3 Å². The summed E-state index contributed by atoms with van der Waals surface area (Å²) in [5, 5.41) is 3.57.